The number of rotatable bonds is 4. The van der Waals surface area contributed by atoms with Crippen molar-refractivity contribution in [1.29, 1.82) is 0 Å². The van der Waals surface area contributed by atoms with E-state index < -0.39 is 11.8 Å². The summed E-state index contributed by atoms with van der Waals surface area (Å²) in [5, 5.41) is 9.61. The van der Waals surface area contributed by atoms with Crippen LogP contribution in [0.4, 0.5) is 5.69 Å². The molecule has 25 heavy (non-hydrogen) atoms. The molecule has 3 aromatic rings. The van der Waals surface area contributed by atoms with Gasteiger partial charge in [-0.15, -0.1) is 0 Å². The van der Waals surface area contributed by atoms with E-state index in [2.05, 4.69) is 24.5 Å². The van der Waals surface area contributed by atoms with Gasteiger partial charge < -0.3 is 10.6 Å². The van der Waals surface area contributed by atoms with Gasteiger partial charge in [-0.05, 0) is 39.0 Å². The molecule has 9 heteroatoms. The van der Waals surface area contributed by atoms with Crippen molar-refractivity contribution in [3.63, 3.8) is 0 Å². The smallest absolute Gasteiger partial charge is 0.313 e. The third-order valence-electron chi connectivity index (χ3n) is 3.97. The molecule has 2 amide bonds. The van der Waals surface area contributed by atoms with Crippen molar-refractivity contribution < 1.29 is 9.59 Å². The fourth-order valence-corrected chi connectivity index (χ4v) is 3.11. The second kappa shape index (κ2) is 6.98. The normalized spacial score (nSPS) is 10.8. The van der Waals surface area contributed by atoms with Crippen LogP contribution in [-0.2, 0) is 22.7 Å². The Hall–Kier alpha value is -2.81. The van der Waals surface area contributed by atoms with Crippen LogP contribution in [0.2, 0.25) is 0 Å². The lowest BCUT2D eigenvalue weighted by molar-refractivity contribution is -0.136. The van der Waals surface area contributed by atoms with Crippen LogP contribution in [0, 0.1) is 13.8 Å². The highest BCUT2D eigenvalue weighted by Crippen LogP contribution is 2.17. The molecule has 0 aliphatic rings. The molecule has 0 saturated heterocycles. The van der Waals surface area contributed by atoms with E-state index in [1.54, 1.807) is 18.2 Å². The van der Waals surface area contributed by atoms with E-state index in [0.717, 1.165) is 40.7 Å². The van der Waals surface area contributed by atoms with Gasteiger partial charge in [-0.3, -0.25) is 14.3 Å². The predicted molar refractivity (Wildman–Crippen MR) is 95.3 cm³/mol. The van der Waals surface area contributed by atoms with Gasteiger partial charge in [0.05, 0.1) is 17.4 Å². The van der Waals surface area contributed by atoms with E-state index in [0.29, 0.717) is 11.2 Å². The first-order valence-electron chi connectivity index (χ1n) is 7.84. The Kier molecular flexibility index (Phi) is 4.75. The number of nitrogens with zero attached hydrogens (tertiary/aromatic N) is 4. The van der Waals surface area contributed by atoms with E-state index in [9.17, 15) is 9.59 Å². The Morgan fingerprint density at radius 1 is 1.16 bits per heavy atom. The van der Waals surface area contributed by atoms with Crippen molar-refractivity contribution in [2.75, 3.05) is 5.32 Å². The number of aromatic nitrogens is 4. The molecule has 0 saturated carbocycles. The molecule has 0 bridgehead atoms. The highest BCUT2D eigenvalue weighted by atomic mass is 32.1. The fraction of sp³-hybridized carbons (Fsp3) is 0.312. The molecule has 2 aromatic heterocycles. The standard InChI is InChI=1S/C16H18N6O2S/c1-4-22-10(3)12(9(2)19-22)8-17-15(23)16(24)18-11-5-6-13-14(7-11)21-25-20-13/h5-7H,4,8H2,1-3H3,(H,17,23)(H,18,24). The maximum atomic E-state index is 12.1. The van der Waals surface area contributed by atoms with Crippen LogP contribution in [0.15, 0.2) is 18.2 Å². The van der Waals surface area contributed by atoms with Crippen molar-refractivity contribution in [2.45, 2.75) is 33.9 Å². The number of hydrogen-bond acceptors (Lipinski definition) is 6. The molecule has 0 radical (unpaired) electrons. The molecule has 8 nitrogen and oxygen atoms in total. The number of benzene rings is 1. The van der Waals surface area contributed by atoms with Crippen molar-refractivity contribution >= 4 is 40.3 Å². The zero-order valence-corrected chi connectivity index (χ0v) is 15.0. The Labute approximate surface area is 148 Å². The molecule has 3 rings (SSSR count). The van der Waals surface area contributed by atoms with Gasteiger partial charge in [-0.1, -0.05) is 0 Å². The van der Waals surface area contributed by atoms with Crippen molar-refractivity contribution in [3.05, 3.63) is 35.2 Å². The molecular weight excluding hydrogens is 340 g/mol. The Bertz CT molecular complexity index is 945. The molecule has 0 atom stereocenters. The minimum Gasteiger partial charge on any atom is -0.344 e. The van der Waals surface area contributed by atoms with Gasteiger partial charge >= 0.3 is 11.8 Å². The third-order valence-corrected chi connectivity index (χ3v) is 4.53. The summed E-state index contributed by atoms with van der Waals surface area (Å²) in [6.45, 7) is 6.86. The largest absolute Gasteiger partial charge is 0.344 e. The van der Waals surface area contributed by atoms with Crippen LogP contribution in [0.25, 0.3) is 11.0 Å². The summed E-state index contributed by atoms with van der Waals surface area (Å²) in [7, 11) is 0. The number of amides is 2. The third kappa shape index (κ3) is 3.50. The van der Waals surface area contributed by atoms with Crippen LogP contribution in [-0.4, -0.2) is 30.3 Å². The number of fused-ring (bicyclic) bond motifs is 1. The summed E-state index contributed by atoms with van der Waals surface area (Å²) in [5.74, 6) is -1.42. The molecule has 1 aromatic carbocycles. The number of hydrogen-bond donors (Lipinski definition) is 2. The minimum atomic E-state index is -0.722. The molecule has 2 N–H and O–H groups in total. The van der Waals surface area contributed by atoms with Gasteiger partial charge in [0, 0.05) is 30.0 Å². The molecule has 2 heterocycles. The number of aryl methyl sites for hydroxylation is 2. The molecular formula is C16H18N6O2S. The van der Waals surface area contributed by atoms with Gasteiger partial charge in [-0.25, -0.2) is 0 Å². The lowest BCUT2D eigenvalue weighted by Crippen LogP contribution is -2.35. The van der Waals surface area contributed by atoms with E-state index in [1.807, 2.05) is 25.5 Å². The average Bonchev–Trinajstić information content (AvgIpc) is 3.16. The summed E-state index contributed by atoms with van der Waals surface area (Å²) in [5.41, 5.74) is 4.71. The molecule has 0 aliphatic carbocycles. The van der Waals surface area contributed by atoms with Gasteiger partial charge in [0.25, 0.3) is 0 Å². The molecule has 0 fully saturated rings. The van der Waals surface area contributed by atoms with Crippen molar-refractivity contribution in [2.24, 2.45) is 0 Å². The van der Waals surface area contributed by atoms with Crippen molar-refractivity contribution in [3.8, 4) is 0 Å². The lowest BCUT2D eigenvalue weighted by atomic mass is 10.2. The second-order valence-electron chi connectivity index (χ2n) is 5.57. The van der Waals surface area contributed by atoms with Crippen molar-refractivity contribution in [1.82, 2.24) is 23.8 Å². The number of nitrogens with one attached hydrogen (secondary N) is 2. The Morgan fingerprint density at radius 2 is 1.92 bits per heavy atom. The van der Waals surface area contributed by atoms with E-state index in [4.69, 9.17) is 0 Å². The van der Waals surface area contributed by atoms with E-state index in [-0.39, 0.29) is 6.54 Å². The van der Waals surface area contributed by atoms with E-state index >= 15 is 0 Å². The highest BCUT2D eigenvalue weighted by molar-refractivity contribution is 7.00. The van der Waals surface area contributed by atoms with Crippen LogP contribution < -0.4 is 10.6 Å². The lowest BCUT2D eigenvalue weighted by Gasteiger charge is -2.07. The van der Waals surface area contributed by atoms with Crippen LogP contribution in [0.5, 0.6) is 0 Å². The summed E-state index contributed by atoms with van der Waals surface area (Å²) < 4.78 is 10.1. The molecule has 0 aliphatic heterocycles. The Morgan fingerprint density at radius 3 is 2.64 bits per heavy atom. The number of carbonyl (C=O) groups excluding carboxylic acids is 2. The summed E-state index contributed by atoms with van der Waals surface area (Å²) in [6, 6.07) is 5.12. The predicted octanol–water partition coefficient (Wildman–Crippen LogP) is 1.78. The van der Waals surface area contributed by atoms with Crippen LogP contribution >= 0.6 is 11.7 Å². The average molecular weight is 358 g/mol. The first-order chi connectivity index (χ1) is 12.0. The van der Waals surface area contributed by atoms with Crippen LogP contribution in [0.1, 0.15) is 23.9 Å². The van der Waals surface area contributed by atoms with Gasteiger partial charge in [0.2, 0.25) is 0 Å². The quantitative estimate of drug-likeness (QED) is 0.692. The maximum Gasteiger partial charge on any atom is 0.313 e. The van der Waals surface area contributed by atoms with Gasteiger partial charge in [-0.2, -0.15) is 13.8 Å². The molecule has 0 spiro atoms. The highest BCUT2D eigenvalue weighted by Gasteiger charge is 2.16. The van der Waals surface area contributed by atoms with Gasteiger partial charge in [0.1, 0.15) is 11.0 Å². The summed E-state index contributed by atoms with van der Waals surface area (Å²) in [4.78, 5) is 24.1. The fourth-order valence-electron chi connectivity index (χ4n) is 2.59. The first-order valence-corrected chi connectivity index (χ1v) is 8.57. The zero-order chi connectivity index (χ0) is 18.0. The molecule has 130 valence electrons. The topological polar surface area (TPSA) is 102 Å². The number of carbonyl (C=O) groups is 2. The minimum absolute atomic E-state index is 0.263. The number of anilines is 1. The zero-order valence-electron chi connectivity index (χ0n) is 14.2. The maximum absolute atomic E-state index is 12.1. The summed E-state index contributed by atoms with van der Waals surface area (Å²) in [6.07, 6.45) is 0. The SMILES string of the molecule is CCn1nc(C)c(CNC(=O)C(=O)Nc2ccc3nsnc3c2)c1C. The molecule has 0 unspecified atom stereocenters. The van der Waals surface area contributed by atoms with E-state index in [1.165, 1.54) is 0 Å². The Balaban J connectivity index is 1.63. The van der Waals surface area contributed by atoms with Crippen LogP contribution in [0.3, 0.4) is 0 Å². The van der Waals surface area contributed by atoms with Gasteiger partial charge in [0.15, 0.2) is 0 Å². The second-order valence-corrected chi connectivity index (χ2v) is 6.10. The summed E-state index contributed by atoms with van der Waals surface area (Å²) >= 11 is 1.10. The first kappa shape index (κ1) is 17.0. The monoisotopic (exact) mass is 358 g/mol.